The van der Waals surface area contributed by atoms with Crippen LogP contribution in [-0.4, -0.2) is 26.7 Å². The number of hydrogen-bond donors (Lipinski definition) is 1. The summed E-state index contributed by atoms with van der Waals surface area (Å²) in [4.78, 5) is 9.83. The summed E-state index contributed by atoms with van der Waals surface area (Å²) in [6.07, 6.45) is 0. The van der Waals surface area contributed by atoms with E-state index in [-0.39, 0.29) is 12.5 Å². The minimum atomic E-state index is -0.380. The van der Waals surface area contributed by atoms with E-state index in [1.165, 1.54) is 12.7 Å². The second kappa shape index (κ2) is 9.18. The maximum absolute atomic E-state index is 9.83. The van der Waals surface area contributed by atoms with Gasteiger partial charge in [-0.15, -0.1) is 0 Å². The molecular formula is C11H17NO3. The van der Waals surface area contributed by atoms with E-state index >= 15 is 0 Å². The van der Waals surface area contributed by atoms with Crippen molar-refractivity contribution >= 4 is 5.97 Å². The van der Waals surface area contributed by atoms with Crippen molar-refractivity contribution in [2.75, 3.05) is 20.8 Å². The lowest BCUT2D eigenvalue weighted by Gasteiger charge is -1.95. The largest absolute Gasteiger partial charge is 0.468 e. The van der Waals surface area contributed by atoms with E-state index in [0.29, 0.717) is 6.61 Å². The van der Waals surface area contributed by atoms with Crippen LogP contribution in [0.1, 0.15) is 5.56 Å². The summed E-state index contributed by atoms with van der Waals surface area (Å²) in [5, 5.41) is 0. The summed E-state index contributed by atoms with van der Waals surface area (Å²) >= 11 is 0. The molecule has 0 aliphatic rings. The van der Waals surface area contributed by atoms with E-state index < -0.39 is 0 Å². The van der Waals surface area contributed by atoms with Crippen molar-refractivity contribution in [3.63, 3.8) is 0 Å². The smallest absolute Gasteiger partial charge is 0.319 e. The van der Waals surface area contributed by atoms with Crippen LogP contribution in [0.4, 0.5) is 0 Å². The summed E-state index contributed by atoms with van der Waals surface area (Å²) in [6, 6.07) is 10.1. The fourth-order valence-corrected chi connectivity index (χ4v) is 0.824. The van der Waals surface area contributed by atoms with Crippen LogP contribution < -0.4 is 5.73 Å². The zero-order valence-electron chi connectivity index (χ0n) is 9.10. The van der Waals surface area contributed by atoms with Gasteiger partial charge in [-0.2, -0.15) is 0 Å². The number of hydrogen-bond acceptors (Lipinski definition) is 4. The molecule has 0 saturated carbocycles. The van der Waals surface area contributed by atoms with Gasteiger partial charge >= 0.3 is 5.97 Å². The number of nitrogens with two attached hydrogens (primary N) is 1. The highest BCUT2D eigenvalue weighted by atomic mass is 16.5. The summed E-state index contributed by atoms with van der Waals surface area (Å²) in [5.74, 6) is -0.380. The summed E-state index contributed by atoms with van der Waals surface area (Å²) in [7, 11) is 3.00. The molecule has 84 valence electrons. The van der Waals surface area contributed by atoms with E-state index in [0.717, 1.165) is 0 Å². The third-order valence-corrected chi connectivity index (χ3v) is 1.55. The lowest BCUT2D eigenvalue weighted by atomic mass is 10.2. The first-order chi connectivity index (χ1) is 7.24. The quantitative estimate of drug-likeness (QED) is 0.756. The van der Waals surface area contributed by atoms with Crippen molar-refractivity contribution in [2.45, 2.75) is 6.61 Å². The zero-order valence-corrected chi connectivity index (χ0v) is 9.10. The number of rotatable bonds is 3. The molecule has 1 rings (SSSR count). The highest BCUT2D eigenvalue weighted by molar-refractivity contribution is 5.70. The molecule has 2 N–H and O–H groups in total. The van der Waals surface area contributed by atoms with Gasteiger partial charge < -0.3 is 15.2 Å². The van der Waals surface area contributed by atoms with Crippen LogP contribution in [0, 0.1) is 0 Å². The van der Waals surface area contributed by atoms with Crippen molar-refractivity contribution in [1.82, 2.24) is 0 Å². The molecule has 0 aromatic heterocycles. The molecule has 1 aromatic carbocycles. The molecule has 4 heteroatoms. The highest BCUT2D eigenvalue weighted by Crippen LogP contribution is 1.98. The van der Waals surface area contributed by atoms with Crippen LogP contribution in [0.5, 0.6) is 0 Å². The first kappa shape index (κ1) is 13.6. The van der Waals surface area contributed by atoms with Gasteiger partial charge in [0.15, 0.2) is 0 Å². The molecule has 4 nitrogen and oxygen atoms in total. The van der Waals surface area contributed by atoms with Crippen LogP contribution in [0.2, 0.25) is 0 Å². The van der Waals surface area contributed by atoms with Crippen LogP contribution in [0.15, 0.2) is 30.3 Å². The van der Waals surface area contributed by atoms with E-state index in [1.807, 2.05) is 30.3 Å². The molecule has 0 heterocycles. The Hall–Kier alpha value is -1.39. The number of methoxy groups -OCH3 is 2. The second-order valence-electron chi connectivity index (χ2n) is 2.70. The second-order valence-corrected chi connectivity index (χ2v) is 2.70. The van der Waals surface area contributed by atoms with Gasteiger partial charge in [-0.1, -0.05) is 30.3 Å². The van der Waals surface area contributed by atoms with E-state index in [1.54, 1.807) is 7.11 Å². The Morgan fingerprint density at radius 2 is 1.87 bits per heavy atom. The van der Waals surface area contributed by atoms with Crippen molar-refractivity contribution < 1.29 is 14.3 Å². The average molecular weight is 211 g/mol. The fraction of sp³-hybridized carbons (Fsp3) is 0.364. The van der Waals surface area contributed by atoms with Gasteiger partial charge in [0.25, 0.3) is 0 Å². The predicted octanol–water partition coefficient (Wildman–Crippen LogP) is 0.951. The number of esters is 1. The van der Waals surface area contributed by atoms with Crippen LogP contribution in [0.25, 0.3) is 0 Å². The number of ether oxygens (including phenoxy) is 2. The molecule has 0 bridgehead atoms. The number of benzene rings is 1. The molecule has 0 spiro atoms. The van der Waals surface area contributed by atoms with Crippen LogP contribution in [0.3, 0.4) is 0 Å². The fourth-order valence-electron chi connectivity index (χ4n) is 0.824. The van der Waals surface area contributed by atoms with Gasteiger partial charge in [0.05, 0.1) is 20.3 Å². The topological polar surface area (TPSA) is 61.5 Å². The first-order valence-electron chi connectivity index (χ1n) is 4.54. The third kappa shape index (κ3) is 7.66. The maximum atomic E-state index is 9.83. The highest BCUT2D eigenvalue weighted by Gasteiger charge is 1.87. The number of carbonyl (C=O) groups excluding carboxylic acids is 1. The molecule has 0 amide bonds. The Labute approximate surface area is 90.0 Å². The zero-order chi connectivity index (χ0) is 11.5. The summed E-state index contributed by atoms with van der Waals surface area (Å²) < 4.78 is 9.06. The summed E-state index contributed by atoms with van der Waals surface area (Å²) in [5.41, 5.74) is 6.03. The Kier molecular flexibility index (Phi) is 8.33. The van der Waals surface area contributed by atoms with Gasteiger partial charge in [-0.25, -0.2) is 0 Å². The van der Waals surface area contributed by atoms with E-state index in [2.05, 4.69) is 4.74 Å². The Morgan fingerprint density at radius 3 is 2.20 bits per heavy atom. The van der Waals surface area contributed by atoms with Gasteiger partial charge in [0, 0.05) is 7.11 Å². The number of carbonyl (C=O) groups is 1. The third-order valence-electron chi connectivity index (χ3n) is 1.55. The van der Waals surface area contributed by atoms with Crippen molar-refractivity contribution in [3.8, 4) is 0 Å². The van der Waals surface area contributed by atoms with Crippen LogP contribution in [-0.2, 0) is 20.9 Å². The molecule has 0 saturated heterocycles. The van der Waals surface area contributed by atoms with Gasteiger partial charge in [0.1, 0.15) is 0 Å². The predicted molar refractivity (Wildman–Crippen MR) is 58.2 cm³/mol. The Bertz CT molecular complexity index is 256. The lowest BCUT2D eigenvalue weighted by Crippen LogP contribution is -2.14. The van der Waals surface area contributed by atoms with Gasteiger partial charge in [-0.3, -0.25) is 4.79 Å². The average Bonchev–Trinajstić information content (AvgIpc) is 2.31. The minimum Gasteiger partial charge on any atom is -0.468 e. The normalized spacial score (nSPS) is 8.73. The molecule has 1 aromatic rings. The first-order valence-corrected chi connectivity index (χ1v) is 4.54. The minimum absolute atomic E-state index is 0.0312. The summed E-state index contributed by atoms with van der Waals surface area (Å²) in [6.45, 7) is 0.678. The molecule has 0 fully saturated rings. The van der Waals surface area contributed by atoms with Crippen LogP contribution >= 0.6 is 0 Å². The lowest BCUT2D eigenvalue weighted by molar-refractivity contribution is -0.138. The molecule has 0 unspecified atom stereocenters. The SMILES string of the molecule is COC(=O)CN.COCc1ccccc1. The Morgan fingerprint density at radius 1 is 1.27 bits per heavy atom. The van der Waals surface area contributed by atoms with E-state index in [9.17, 15) is 4.79 Å². The molecule has 0 atom stereocenters. The van der Waals surface area contributed by atoms with Crippen molar-refractivity contribution in [3.05, 3.63) is 35.9 Å². The molecule has 0 radical (unpaired) electrons. The van der Waals surface area contributed by atoms with E-state index in [4.69, 9.17) is 10.5 Å². The van der Waals surface area contributed by atoms with Crippen molar-refractivity contribution in [2.24, 2.45) is 5.73 Å². The maximum Gasteiger partial charge on any atom is 0.319 e. The standard InChI is InChI=1S/C8H10O.C3H7NO2/c1-9-7-8-5-3-2-4-6-8;1-6-3(5)2-4/h2-6H,7H2,1H3;2,4H2,1H3. The molecular weight excluding hydrogens is 194 g/mol. The molecule has 15 heavy (non-hydrogen) atoms. The molecule has 0 aliphatic carbocycles. The van der Waals surface area contributed by atoms with Gasteiger partial charge in [0.2, 0.25) is 0 Å². The van der Waals surface area contributed by atoms with Gasteiger partial charge in [-0.05, 0) is 5.56 Å². The monoisotopic (exact) mass is 211 g/mol. The Balaban J connectivity index is 0.000000288. The van der Waals surface area contributed by atoms with Crippen molar-refractivity contribution in [1.29, 1.82) is 0 Å². The molecule has 0 aliphatic heterocycles.